The summed E-state index contributed by atoms with van der Waals surface area (Å²) in [4.78, 5) is 0. The highest BCUT2D eigenvalue weighted by atomic mass is 28.4. The zero-order chi connectivity index (χ0) is 18.8. The Balaban J connectivity index is 0.000000889. The van der Waals surface area contributed by atoms with Crippen LogP contribution < -0.4 is 0 Å². The van der Waals surface area contributed by atoms with E-state index in [1.54, 1.807) is 0 Å². The molecule has 1 fully saturated rings. The molecule has 1 aliphatic rings. The second kappa shape index (κ2) is 12.0. The van der Waals surface area contributed by atoms with Gasteiger partial charge in [0.25, 0.3) is 14.3 Å². The molecule has 0 aliphatic carbocycles. The summed E-state index contributed by atoms with van der Waals surface area (Å²) in [5, 5.41) is 0. The van der Waals surface area contributed by atoms with Crippen LogP contribution >= 0.6 is 0 Å². The van der Waals surface area contributed by atoms with E-state index < -0.39 is 8.32 Å². The molecule has 0 saturated carbocycles. The molecule has 0 aromatic rings. The molecule has 1 saturated heterocycles. The summed E-state index contributed by atoms with van der Waals surface area (Å²) >= 11 is 0. The van der Waals surface area contributed by atoms with E-state index in [0.717, 1.165) is 19.2 Å². The van der Waals surface area contributed by atoms with Crippen molar-refractivity contribution in [3.8, 4) is 0 Å². The zero-order valence-electron chi connectivity index (χ0n) is 17.6. The highest BCUT2D eigenvalue weighted by Crippen LogP contribution is 2.43. The fourth-order valence-electron chi connectivity index (χ4n) is 3.56. The molecule has 0 atom stereocenters. The van der Waals surface area contributed by atoms with Gasteiger partial charge in [-0.15, -0.1) is 0 Å². The van der Waals surface area contributed by atoms with Crippen LogP contribution in [0.2, 0.25) is 16.6 Å². The first-order chi connectivity index (χ1) is 11.2. The smallest absolute Gasteiger partial charge is 0.262 e. The van der Waals surface area contributed by atoms with Crippen molar-refractivity contribution in [1.29, 1.82) is 0 Å². The third kappa shape index (κ3) is 7.60. The lowest BCUT2D eigenvalue weighted by Crippen LogP contribution is -2.47. The van der Waals surface area contributed by atoms with Gasteiger partial charge in [0.05, 0.1) is 6.61 Å². The normalized spacial score (nSPS) is 16.0. The first-order valence-electron chi connectivity index (χ1n) is 9.79. The summed E-state index contributed by atoms with van der Waals surface area (Å²) < 4.78 is 17.2. The van der Waals surface area contributed by atoms with Crippen LogP contribution in [-0.4, -0.2) is 28.1 Å². The van der Waals surface area contributed by atoms with Crippen LogP contribution in [0.25, 0.3) is 0 Å². The van der Waals surface area contributed by atoms with Crippen molar-refractivity contribution in [2.45, 2.75) is 91.8 Å². The van der Waals surface area contributed by atoms with E-state index in [-0.39, 0.29) is 0 Å². The zero-order valence-corrected chi connectivity index (χ0v) is 18.6. The Kier molecular flexibility index (Phi) is 11.7. The Hall–Kier alpha value is -0.483. The Morgan fingerprint density at radius 2 is 1.38 bits per heavy atom. The average molecular weight is 359 g/mol. The summed E-state index contributed by atoms with van der Waals surface area (Å²) in [5.41, 5.74) is 1.72. The van der Waals surface area contributed by atoms with Crippen LogP contribution in [0.5, 0.6) is 0 Å². The molecule has 1 heterocycles. The first kappa shape index (κ1) is 23.5. The van der Waals surface area contributed by atoms with Gasteiger partial charge >= 0.3 is 0 Å². The standard InChI is InChI=1S/C16H34O2Si.C4H8O/c1-10-17-16(11-12(2)3)18-19(13(4)5,14(6)7)15(8)9;1-2-4-5-3-1/h11-15H,10H2,1-9H3;1-4H2. The fourth-order valence-corrected chi connectivity index (χ4v) is 8.75. The third-order valence-electron chi connectivity index (χ3n) is 4.57. The number of hydrogen-bond donors (Lipinski definition) is 0. The lowest BCUT2D eigenvalue weighted by Gasteiger charge is -2.42. The lowest BCUT2D eigenvalue weighted by atomic mass is 10.2. The quantitative estimate of drug-likeness (QED) is 0.365. The molecule has 24 heavy (non-hydrogen) atoms. The number of rotatable bonds is 8. The Morgan fingerprint density at radius 1 is 0.917 bits per heavy atom. The van der Waals surface area contributed by atoms with Gasteiger partial charge in [-0.3, -0.25) is 0 Å². The van der Waals surface area contributed by atoms with Crippen molar-refractivity contribution in [1.82, 2.24) is 0 Å². The first-order valence-corrected chi connectivity index (χ1v) is 11.9. The largest absolute Gasteiger partial charge is 0.518 e. The van der Waals surface area contributed by atoms with Crippen LogP contribution in [0, 0.1) is 5.92 Å². The van der Waals surface area contributed by atoms with Crippen LogP contribution in [0.3, 0.4) is 0 Å². The summed E-state index contributed by atoms with van der Waals surface area (Å²) in [5.74, 6) is 1.19. The molecule has 4 heteroatoms. The minimum Gasteiger partial charge on any atom is -0.518 e. The molecule has 0 bridgehead atoms. The summed E-state index contributed by atoms with van der Waals surface area (Å²) in [6.07, 6.45) is 4.67. The van der Waals surface area contributed by atoms with Gasteiger partial charge in [0.15, 0.2) is 0 Å². The number of allylic oxidation sites excluding steroid dienone is 1. The summed E-state index contributed by atoms with van der Waals surface area (Å²) in [7, 11) is -1.89. The molecule has 0 aromatic carbocycles. The Bertz CT molecular complexity index is 315. The van der Waals surface area contributed by atoms with Crippen LogP contribution in [-0.2, 0) is 13.9 Å². The monoisotopic (exact) mass is 358 g/mol. The molecule has 0 spiro atoms. The fraction of sp³-hybridized carbons (Fsp3) is 0.900. The maximum Gasteiger partial charge on any atom is 0.262 e. The van der Waals surface area contributed by atoms with Gasteiger partial charge in [-0.05, 0) is 48.4 Å². The minimum atomic E-state index is -1.89. The number of ether oxygens (including phenoxy) is 2. The third-order valence-corrected chi connectivity index (χ3v) is 10.5. The summed E-state index contributed by atoms with van der Waals surface area (Å²) in [6.45, 7) is 22.8. The van der Waals surface area contributed by atoms with E-state index in [2.05, 4.69) is 61.5 Å². The van der Waals surface area contributed by atoms with Gasteiger partial charge in [0.1, 0.15) is 0 Å². The predicted molar refractivity (Wildman–Crippen MR) is 107 cm³/mol. The second-order valence-electron chi connectivity index (χ2n) is 7.90. The molecule has 0 N–H and O–H groups in total. The SMILES string of the molecule is C1CCOC1.CCOC(=CC(C)C)O[Si](C(C)C)(C(C)C)C(C)C. The van der Waals surface area contributed by atoms with Crippen LogP contribution in [0.4, 0.5) is 0 Å². The van der Waals surface area contributed by atoms with Crippen molar-refractivity contribution in [2.24, 2.45) is 5.92 Å². The average Bonchev–Trinajstić information content (AvgIpc) is 3.02. The Labute approximate surface area is 152 Å². The van der Waals surface area contributed by atoms with Crippen molar-refractivity contribution in [3.05, 3.63) is 12.0 Å². The minimum absolute atomic E-state index is 0.444. The molecule has 0 unspecified atom stereocenters. The van der Waals surface area contributed by atoms with Gasteiger partial charge < -0.3 is 13.9 Å². The molecule has 144 valence electrons. The number of hydrogen-bond acceptors (Lipinski definition) is 3. The van der Waals surface area contributed by atoms with Crippen molar-refractivity contribution < 1.29 is 13.9 Å². The maximum absolute atomic E-state index is 6.55. The lowest BCUT2D eigenvalue weighted by molar-refractivity contribution is 0.102. The topological polar surface area (TPSA) is 27.7 Å². The van der Waals surface area contributed by atoms with Gasteiger partial charge in [0, 0.05) is 13.2 Å². The van der Waals surface area contributed by atoms with Crippen molar-refractivity contribution in [3.63, 3.8) is 0 Å². The van der Waals surface area contributed by atoms with Gasteiger partial charge in [-0.25, -0.2) is 0 Å². The van der Waals surface area contributed by atoms with Gasteiger partial charge in [-0.2, -0.15) is 0 Å². The van der Waals surface area contributed by atoms with E-state index in [4.69, 9.17) is 13.9 Å². The van der Waals surface area contributed by atoms with E-state index in [1.165, 1.54) is 12.8 Å². The van der Waals surface area contributed by atoms with Crippen molar-refractivity contribution in [2.75, 3.05) is 19.8 Å². The molecule has 0 aromatic heterocycles. The van der Waals surface area contributed by atoms with Gasteiger partial charge in [0.2, 0.25) is 0 Å². The van der Waals surface area contributed by atoms with E-state index in [9.17, 15) is 0 Å². The second-order valence-corrected chi connectivity index (χ2v) is 13.3. The molecule has 3 nitrogen and oxygen atoms in total. The van der Waals surface area contributed by atoms with Crippen molar-refractivity contribution >= 4 is 8.32 Å². The predicted octanol–water partition coefficient (Wildman–Crippen LogP) is 6.51. The van der Waals surface area contributed by atoms with Crippen LogP contribution in [0.1, 0.15) is 75.2 Å². The molecular weight excluding hydrogens is 316 g/mol. The van der Waals surface area contributed by atoms with Crippen LogP contribution in [0.15, 0.2) is 12.0 Å². The maximum atomic E-state index is 6.55. The molecular formula is C20H42O3Si. The summed E-state index contributed by atoms with van der Waals surface area (Å²) in [6, 6.07) is 0. The Morgan fingerprint density at radius 3 is 1.62 bits per heavy atom. The molecule has 0 amide bonds. The highest BCUT2D eigenvalue weighted by molar-refractivity contribution is 6.77. The molecule has 0 radical (unpaired) electrons. The highest BCUT2D eigenvalue weighted by Gasteiger charge is 2.47. The van der Waals surface area contributed by atoms with Gasteiger partial charge in [-0.1, -0.05) is 55.4 Å². The molecule has 1 aliphatic heterocycles. The van der Waals surface area contributed by atoms with E-state index >= 15 is 0 Å². The molecule has 1 rings (SSSR count). The van der Waals surface area contributed by atoms with E-state index in [0.29, 0.717) is 29.1 Å². The van der Waals surface area contributed by atoms with E-state index in [1.807, 2.05) is 6.92 Å².